The molecule has 5 heteroatoms. The maximum absolute atomic E-state index is 5.92. The summed E-state index contributed by atoms with van der Waals surface area (Å²) in [5.41, 5.74) is 0. The molecule has 1 fully saturated rings. The van der Waals surface area contributed by atoms with Crippen molar-refractivity contribution in [2.24, 2.45) is 0 Å². The van der Waals surface area contributed by atoms with Gasteiger partial charge in [-0.15, -0.1) is 11.3 Å². The molecule has 0 radical (unpaired) electrons. The molecule has 0 aliphatic carbocycles. The summed E-state index contributed by atoms with van der Waals surface area (Å²) >= 11 is 9.64. The maximum Gasteiger partial charge on any atom is 0.0931 e. The Hall–Kier alpha value is 0.260. The molecule has 16 heavy (non-hydrogen) atoms. The molecule has 1 aromatic heterocycles. The summed E-state index contributed by atoms with van der Waals surface area (Å²) < 4.78 is 0.884. The van der Waals surface area contributed by atoms with Gasteiger partial charge in [0.05, 0.1) is 4.34 Å². The smallest absolute Gasteiger partial charge is 0.0931 e. The number of nitrogens with one attached hydrogen (secondary N) is 1. The number of hydrogen-bond donors (Lipinski definition) is 1. The first-order chi connectivity index (χ1) is 7.74. The van der Waals surface area contributed by atoms with Crippen molar-refractivity contribution in [1.29, 1.82) is 0 Å². The summed E-state index contributed by atoms with van der Waals surface area (Å²) in [6, 6.07) is 4.73. The average Bonchev–Trinajstić information content (AvgIpc) is 2.65. The molecule has 0 saturated carbocycles. The first kappa shape index (κ1) is 12.7. The van der Waals surface area contributed by atoms with Crippen LogP contribution in [-0.4, -0.2) is 42.6 Å². The highest BCUT2D eigenvalue weighted by Gasteiger charge is 2.15. The van der Waals surface area contributed by atoms with Crippen LogP contribution in [-0.2, 0) is 6.54 Å². The minimum atomic E-state index is 0.638. The predicted octanol–water partition coefficient (Wildman–Crippen LogP) is 2.54. The van der Waals surface area contributed by atoms with Crippen LogP contribution in [0.1, 0.15) is 4.88 Å². The van der Waals surface area contributed by atoms with E-state index in [2.05, 4.69) is 23.3 Å². The zero-order valence-corrected chi connectivity index (χ0v) is 11.8. The number of thiophene rings is 1. The van der Waals surface area contributed by atoms with E-state index >= 15 is 0 Å². The molecule has 2 nitrogen and oxygen atoms in total. The van der Waals surface area contributed by atoms with E-state index in [0.717, 1.165) is 24.0 Å². The number of halogens is 1. The van der Waals surface area contributed by atoms with Crippen LogP contribution in [0.25, 0.3) is 0 Å². The lowest BCUT2D eigenvalue weighted by atomic mass is 10.3. The van der Waals surface area contributed by atoms with Crippen molar-refractivity contribution >= 4 is 34.7 Å². The van der Waals surface area contributed by atoms with E-state index in [0.29, 0.717) is 6.04 Å². The Morgan fingerprint density at radius 3 is 3.06 bits per heavy atom. The van der Waals surface area contributed by atoms with Gasteiger partial charge in [0, 0.05) is 42.1 Å². The zero-order valence-electron chi connectivity index (χ0n) is 9.41. The van der Waals surface area contributed by atoms with E-state index < -0.39 is 0 Å². The van der Waals surface area contributed by atoms with Crippen molar-refractivity contribution in [2.45, 2.75) is 12.6 Å². The molecular formula is C11H17ClN2S2. The molecule has 1 atom stereocenters. The minimum absolute atomic E-state index is 0.638. The van der Waals surface area contributed by atoms with Crippen LogP contribution in [0.15, 0.2) is 12.1 Å². The van der Waals surface area contributed by atoms with Crippen LogP contribution >= 0.6 is 34.7 Å². The highest BCUT2D eigenvalue weighted by molar-refractivity contribution is 7.99. The van der Waals surface area contributed by atoms with Gasteiger partial charge in [0.25, 0.3) is 0 Å². The Kier molecular flexibility index (Phi) is 4.97. The highest BCUT2D eigenvalue weighted by atomic mass is 35.5. The molecule has 1 saturated heterocycles. The lowest BCUT2D eigenvalue weighted by Crippen LogP contribution is -2.44. The number of likely N-dealkylation sites (N-methyl/N-ethyl adjacent to an activating group) is 1. The molecule has 2 rings (SSSR count). The van der Waals surface area contributed by atoms with Gasteiger partial charge in [-0.2, -0.15) is 11.8 Å². The predicted molar refractivity (Wildman–Crippen MR) is 74.8 cm³/mol. The minimum Gasteiger partial charge on any atom is -0.311 e. The molecule has 0 amide bonds. The lowest BCUT2D eigenvalue weighted by Gasteiger charge is -2.27. The number of nitrogens with zero attached hydrogens (tertiary/aromatic N) is 1. The first-order valence-electron chi connectivity index (χ1n) is 5.48. The molecule has 0 spiro atoms. The molecule has 1 aromatic rings. The fourth-order valence-electron chi connectivity index (χ4n) is 1.88. The lowest BCUT2D eigenvalue weighted by molar-refractivity contribution is 0.294. The second-order valence-electron chi connectivity index (χ2n) is 4.13. The average molecular weight is 277 g/mol. The molecule has 0 bridgehead atoms. The molecule has 1 N–H and O–H groups in total. The third-order valence-electron chi connectivity index (χ3n) is 2.59. The van der Waals surface area contributed by atoms with E-state index in [1.807, 2.05) is 17.8 Å². The summed E-state index contributed by atoms with van der Waals surface area (Å²) in [6.07, 6.45) is 0. The van der Waals surface area contributed by atoms with Gasteiger partial charge in [-0.1, -0.05) is 11.6 Å². The third-order valence-corrected chi connectivity index (χ3v) is 4.93. The van der Waals surface area contributed by atoms with Crippen LogP contribution < -0.4 is 5.32 Å². The first-order valence-corrected chi connectivity index (χ1v) is 7.83. The van der Waals surface area contributed by atoms with Crippen molar-refractivity contribution in [3.05, 3.63) is 21.3 Å². The van der Waals surface area contributed by atoms with Gasteiger partial charge in [0.15, 0.2) is 0 Å². The maximum atomic E-state index is 5.92. The highest BCUT2D eigenvalue weighted by Crippen LogP contribution is 2.22. The van der Waals surface area contributed by atoms with Crippen molar-refractivity contribution in [3.8, 4) is 0 Å². The van der Waals surface area contributed by atoms with Gasteiger partial charge >= 0.3 is 0 Å². The summed E-state index contributed by atoms with van der Waals surface area (Å²) in [5, 5.41) is 3.56. The molecule has 1 unspecified atom stereocenters. The van der Waals surface area contributed by atoms with E-state index in [-0.39, 0.29) is 0 Å². The second kappa shape index (κ2) is 6.26. The van der Waals surface area contributed by atoms with E-state index in [9.17, 15) is 0 Å². The Morgan fingerprint density at radius 2 is 2.44 bits per heavy atom. The van der Waals surface area contributed by atoms with Crippen LogP contribution in [0.4, 0.5) is 0 Å². The SMILES string of the molecule is CN(Cc1ccc(Cl)s1)CC1CSCCN1. The molecule has 90 valence electrons. The van der Waals surface area contributed by atoms with E-state index in [1.165, 1.54) is 16.4 Å². The van der Waals surface area contributed by atoms with Crippen LogP contribution in [0.2, 0.25) is 4.34 Å². The normalized spacial score (nSPS) is 21.6. The van der Waals surface area contributed by atoms with Crippen LogP contribution in [0.5, 0.6) is 0 Å². The van der Waals surface area contributed by atoms with Gasteiger partial charge in [0.2, 0.25) is 0 Å². The summed E-state index contributed by atoms with van der Waals surface area (Å²) in [4.78, 5) is 3.71. The fraction of sp³-hybridized carbons (Fsp3) is 0.636. The standard InChI is InChI=1S/C11H17ClN2S2/c1-14(6-9-8-15-5-4-13-9)7-10-2-3-11(12)16-10/h2-3,9,13H,4-8H2,1H3. The molecule has 0 aromatic carbocycles. The molecule has 1 aliphatic heterocycles. The van der Waals surface area contributed by atoms with Gasteiger partial charge < -0.3 is 5.32 Å². The van der Waals surface area contributed by atoms with Gasteiger partial charge in [0.1, 0.15) is 0 Å². The summed E-state index contributed by atoms with van der Waals surface area (Å²) in [5.74, 6) is 2.48. The molecular weight excluding hydrogens is 260 g/mol. The Labute approximate surface area is 110 Å². The van der Waals surface area contributed by atoms with Gasteiger partial charge in [-0.25, -0.2) is 0 Å². The Morgan fingerprint density at radius 1 is 1.56 bits per heavy atom. The van der Waals surface area contributed by atoms with E-state index in [1.54, 1.807) is 11.3 Å². The monoisotopic (exact) mass is 276 g/mol. The van der Waals surface area contributed by atoms with E-state index in [4.69, 9.17) is 11.6 Å². The quantitative estimate of drug-likeness (QED) is 0.910. The third kappa shape index (κ3) is 3.93. The number of hydrogen-bond acceptors (Lipinski definition) is 4. The van der Waals surface area contributed by atoms with Crippen molar-refractivity contribution in [3.63, 3.8) is 0 Å². The Bertz CT molecular complexity index is 324. The molecule has 1 aliphatic rings. The Balaban J connectivity index is 1.77. The van der Waals surface area contributed by atoms with Crippen LogP contribution in [0.3, 0.4) is 0 Å². The summed E-state index contributed by atoms with van der Waals surface area (Å²) in [6.45, 7) is 3.26. The number of rotatable bonds is 4. The van der Waals surface area contributed by atoms with Gasteiger partial charge in [-0.3, -0.25) is 4.90 Å². The largest absolute Gasteiger partial charge is 0.311 e. The zero-order chi connectivity index (χ0) is 11.4. The molecule has 2 heterocycles. The topological polar surface area (TPSA) is 15.3 Å². The number of thioether (sulfide) groups is 1. The second-order valence-corrected chi connectivity index (χ2v) is 7.08. The summed E-state index contributed by atoms with van der Waals surface area (Å²) in [7, 11) is 2.18. The van der Waals surface area contributed by atoms with Crippen molar-refractivity contribution in [1.82, 2.24) is 10.2 Å². The van der Waals surface area contributed by atoms with Gasteiger partial charge in [-0.05, 0) is 19.2 Å². The van der Waals surface area contributed by atoms with Crippen molar-refractivity contribution in [2.75, 3.05) is 31.6 Å². The van der Waals surface area contributed by atoms with Crippen LogP contribution in [0, 0.1) is 0 Å². The fourth-order valence-corrected chi connectivity index (χ4v) is 3.99. The van der Waals surface area contributed by atoms with Crippen molar-refractivity contribution < 1.29 is 0 Å².